The molecule has 0 saturated carbocycles. The number of aliphatic carboxylic acids is 1. The van der Waals surface area contributed by atoms with Crippen LogP contribution >= 0.6 is 0 Å². The molecule has 1 amide bonds. The zero-order valence-corrected chi connectivity index (χ0v) is 9.21. The molecule has 0 aliphatic carbocycles. The molecule has 2 rings (SSSR count). The van der Waals surface area contributed by atoms with Crippen molar-refractivity contribution in [1.82, 2.24) is 4.90 Å². The van der Waals surface area contributed by atoms with E-state index in [1.165, 1.54) is 13.3 Å². The molecule has 0 unspecified atom stereocenters. The van der Waals surface area contributed by atoms with Crippen molar-refractivity contribution < 1.29 is 19.1 Å². The van der Waals surface area contributed by atoms with Crippen molar-refractivity contribution in [1.29, 1.82) is 0 Å². The lowest BCUT2D eigenvalue weighted by Crippen LogP contribution is -2.32. The summed E-state index contributed by atoms with van der Waals surface area (Å²) in [6, 6.07) is 7.40. The molecule has 5 heteroatoms. The van der Waals surface area contributed by atoms with Crippen LogP contribution in [-0.2, 0) is 16.1 Å². The number of likely N-dealkylation sites (N-methyl/N-ethyl adjacent to an activating group) is 1. The van der Waals surface area contributed by atoms with E-state index in [-0.39, 0.29) is 6.54 Å². The van der Waals surface area contributed by atoms with Gasteiger partial charge in [0.2, 0.25) is 0 Å². The van der Waals surface area contributed by atoms with Crippen molar-refractivity contribution in [3.8, 4) is 0 Å². The minimum absolute atomic E-state index is 0.210. The highest BCUT2D eigenvalue weighted by Crippen LogP contribution is 2.21. The first-order valence-electron chi connectivity index (χ1n) is 5.03. The summed E-state index contributed by atoms with van der Waals surface area (Å²) in [6.07, 6.45) is 1.54. The number of hydrogen-bond acceptors (Lipinski definition) is 3. The Bertz CT molecular complexity index is 573. The maximum atomic E-state index is 11.2. The molecule has 1 aromatic carbocycles. The molecule has 0 fully saturated rings. The van der Waals surface area contributed by atoms with Crippen LogP contribution in [0.15, 0.2) is 34.9 Å². The van der Waals surface area contributed by atoms with Crippen molar-refractivity contribution in [3.63, 3.8) is 0 Å². The van der Waals surface area contributed by atoms with E-state index in [0.717, 1.165) is 21.4 Å². The third-order valence-corrected chi connectivity index (χ3v) is 2.50. The first-order chi connectivity index (χ1) is 8.09. The summed E-state index contributed by atoms with van der Waals surface area (Å²) < 4.78 is 5.30. The Hall–Kier alpha value is -2.30. The number of nitrogens with zero attached hydrogens (tertiary/aromatic N) is 1. The second-order valence-corrected chi connectivity index (χ2v) is 3.72. The number of carboxylic acid groups (broad SMARTS) is 1. The Morgan fingerprint density at radius 3 is 2.76 bits per heavy atom. The smallest absolute Gasteiger partial charge is 0.394 e. The van der Waals surface area contributed by atoms with E-state index in [1.807, 2.05) is 24.3 Å². The molecule has 5 nitrogen and oxygen atoms in total. The van der Waals surface area contributed by atoms with Gasteiger partial charge in [0, 0.05) is 24.5 Å². The fraction of sp³-hybridized carbons (Fsp3) is 0.167. The molecular formula is C12H11NO4. The fourth-order valence-electron chi connectivity index (χ4n) is 1.65. The molecule has 0 aliphatic heterocycles. The Balaban J connectivity index is 2.24. The van der Waals surface area contributed by atoms with Gasteiger partial charge < -0.3 is 14.4 Å². The molecule has 0 atom stereocenters. The lowest BCUT2D eigenvalue weighted by Gasteiger charge is -2.13. The van der Waals surface area contributed by atoms with Gasteiger partial charge in [0.1, 0.15) is 5.58 Å². The minimum atomic E-state index is -1.46. The van der Waals surface area contributed by atoms with E-state index in [9.17, 15) is 9.59 Å². The van der Waals surface area contributed by atoms with Gasteiger partial charge in [-0.05, 0) is 6.07 Å². The fourth-order valence-corrected chi connectivity index (χ4v) is 1.65. The molecular weight excluding hydrogens is 222 g/mol. The van der Waals surface area contributed by atoms with Crippen LogP contribution in [0.25, 0.3) is 11.0 Å². The van der Waals surface area contributed by atoms with Gasteiger partial charge in [-0.3, -0.25) is 4.79 Å². The van der Waals surface area contributed by atoms with Crippen molar-refractivity contribution in [2.75, 3.05) is 7.05 Å². The van der Waals surface area contributed by atoms with Crippen LogP contribution < -0.4 is 0 Å². The van der Waals surface area contributed by atoms with Crippen molar-refractivity contribution >= 4 is 22.8 Å². The van der Waals surface area contributed by atoms with Crippen molar-refractivity contribution in [3.05, 3.63) is 36.1 Å². The van der Waals surface area contributed by atoms with Crippen LogP contribution in [0.4, 0.5) is 0 Å². The SMILES string of the molecule is CN(Cc1coc2ccccc12)C(=O)C(=O)O. The first kappa shape index (κ1) is 11.2. The van der Waals surface area contributed by atoms with E-state index in [0.29, 0.717) is 0 Å². The summed E-state index contributed by atoms with van der Waals surface area (Å²) in [4.78, 5) is 22.9. The molecule has 1 aromatic heterocycles. The van der Waals surface area contributed by atoms with E-state index in [2.05, 4.69) is 0 Å². The zero-order valence-electron chi connectivity index (χ0n) is 9.21. The number of furan rings is 1. The quantitative estimate of drug-likeness (QED) is 0.797. The molecule has 0 spiro atoms. The number of carbonyl (C=O) groups is 2. The highest BCUT2D eigenvalue weighted by Gasteiger charge is 2.18. The van der Waals surface area contributed by atoms with Gasteiger partial charge in [0.05, 0.1) is 6.26 Å². The largest absolute Gasteiger partial charge is 0.474 e. The van der Waals surface area contributed by atoms with Crippen molar-refractivity contribution in [2.24, 2.45) is 0 Å². The second-order valence-electron chi connectivity index (χ2n) is 3.72. The molecule has 1 N–H and O–H groups in total. The number of carbonyl (C=O) groups excluding carboxylic acids is 1. The Morgan fingerprint density at radius 1 is 1.35 bits per heavy atom. The first-order valence-corrected chi connectivity index (χ1v) is 5.03. The lowest BCUT2D eigenvalue weighted by molar-refractivity contribution is -0.155. The maximum Gasteiger partial charge on any atom is 0.394 e. The summed E-state index contributed by atoms with van der Waals surface area (Å²) >= 11 is 0. The average molecular weight is 233 g/mol. The molecule has 0 radical (unpaired) electrons. The molecule has 0 aliphatic rings. The molecule has 0 bridgehead atoms. The van der Waals surface area contributed by atoms with Gasteiger partial charge in [-0.25, -0.2) is 4.79 Å². The van der Waals surface area contributed by atoms with Crippen LogP contribution in [0, 0.1) is 0 Å². The maximum absolute atomic E-state index is 11.2. The van der Waals surface area contributed by atoms with E-state index >= 15 is 0 Å². The van der Waals surface area contributed by atoms with E-state index in [4.69, 9.17) is 9.52 Å². The van der Waals surface area contributed by atoms with E-state index < -0.39 is 11.9 Å². The Morgan fingerprint density at radius 2 is 2.06 bits per heavy atom. The van der Waals surface area contributed by atoms with Crippen LogP contribution in [-0.4, -0.2) is 28.9 Å². The standard InChI is InChI=1S/C12H11NO4/c1-13(11(14)12(15)16)6-8-7-17-10-5-3-2-4-9(8)10/h2-5,7H,6H2,1H3,(H,15,16). The molecule has 1 heterocycles. The molecule has 2 aromatic rings. The third-order valence-electron chi connectivity index (χ3n) is 2.50. The predicted octanol–water partition coefficient (Wildman–Crippen LogP) is 1.48. The number of hydrogen-bond donors (Lipinski definition) is 1. The van der Waals surface area contributed by atoms with Gasteiger partial charge in [-0.1, -0.05) is 18.2 Å². The highest BCUT2D eigenvalue weighted by molar-refractivity contribution is 6.31. The summed E-state index contributed by atoms with van der Waals surface area (Å²) in [5.74, 6) is -2.39. The normalized spacial score (nSPS) is 10.4. The molecule has 88 valence electrons. The van der Waals surface area contributed by atoms with Crippen molar-refractivity contribution in [2.45, 2.75) is 6.54 Å². The number of fused-ring (bicyclic) bond motifs is 1. The monoisotopic (exact) mass is 233 g/mol. The third kappa shape index (κ3) is 2.13. The second kappa shape index (κ2) is 4.29. The van der Waals surface area contributed by atoms with Gasteiger partial charge >= 0.3 is 11.9 Å². The van der Waals surface area contributed by atoms with Crippen LogP contribution in [0.3, 0.4) is 0 Å². The summed E-state index contributed by atoms with van der Waals surface area (Å²) in [5.41, 5.74) is 1.51. The van der Waals surface area contributed by atoms with Gasteiger partial charge in [0.25, 0.3) is 0 Å². The zero-order chi connectivity index (χ0) is 12.4. The van der Waals surface area contributed by atoms with Gasteiger partial charge in [-0.15, -0.1) is 0 Å². The highest BCUT2D eigenvalue weighted by atomic mass is 16.4. The van der Waals surface area contributed by atoms with E-state index in [1.54, 1.807) is 0 Å². The molecule has 0 saturated heterocycles. The average Bonchev–Trinajstić information content (AvgIpc) is 2.71. The predicted molar refractivity (Wildman–Crippen MR) is 60.3 cm³/mol. The summed E-state index contributed by atoms with van der Waals surface area (Å²) in [6.45, 7) is 0.210. The number of carboxylic acids is 1. The van der Waals surface area contributed by atoms with Crippen LogP contribution in [0.5, 0.6) is 0 Å². The lowest BCUT2D eigenvalue weighted by atomic mass is 10.1. The Labute approximate surface area is 97.2 Å². The number of para-hydroxylation sites is 1. The summed E-state index contributed by atoms with van der Waals surface area (Å²) in [5, 5.41) is 9.47. The van der Waals surface area contributed by atoms with Gasteiger partial charge in [0.15, 0.2) is 0 Å². The molecule has 17 heavy (non-hydrogen) atoms. The Kier molecular flexibility index (Phi) is 2.82. The number of benzene rings is 1. The number of rotatable bonds is 2. The summed E-state index contributed by atoms with van der Waals surface area (Å²) in [7, 11) is 1.44. The minimum Gasteiger partial charge on any atom is -0.474 e. The topological polar surface area (TPSA) is 70.8 Å². The van der Waals surface area contributed by atoms with Crippen LogP contribution in [0.2, 0.25) is 0 Å². The van der Waals surface area contributed by atoms with Gasteiger partial charge in [-0.2, -0.15) is 0 Å². The number of amides is 1. The van der Waals surface area contributed by atoms with Crippen LogP contribution in [0.1, 0.15) is 5.56 Å².